The van der Waals surface area contributed by atoms with Gasteiger partial charge < -0.3 is 14.9 Å². The summed E-state index contributed by atoms with van der Waals surface area (Å²) in [6, 6.07) is 0. The van der Waals surface area contributed by atoms with E-state index >= 15 is 4.39 Å². The SMILES string of the molecule is C#C[C@@]1(F)[C@H](O)[C@@H](CO)O[C@H]1n1cnc2c(=O)[nH]c(NC(=O)C(C)C)nc21. The number of aromatic amines is 1. The van der Waals surface area contributed by atoms with Crippen molar-refractivity contribution in [3.8, 4) is 12.3 Å². The highest BCUT2D eigenvalue weighted by Gasteiger charge is 2.57. The lowest BCUT2D eigenvalue weighted by Crippen LogP contribution is -2.42. The number of nitrogens with one attached hydrogen (secondary N) is 2. The van der Waals surface area contributed by atoms with Gasteiger partial charge in [0.15, 0.2) is 17.4 Å². The quantitative estimate of drug-likeness (QED) is 0.515. The lowest BCUT2D eigenvalue weighted by atomic mass is 9.97. The van der Waals surface area contributed by atoms with Crippen molar-refractivity contribution in [3.63, 3.8) is 0 Å². The number of ether oxygens (including phenoxy) is 1. The Labute approximate surface area is 152 Å². The van der Waals surface area contributed by atoms with Crippen LogP contribution in [0.2, 0.25) is 0 Å². The highest BCUT2D eigenvalue weighted by molar-refractivity contribution is 5.91. The lowest BCUT2D eigenvalue weighted by molar-refractivity contribution is -0.118. The van der Waals surface area contributed by atoms with Gasteiger partial charge in [-0.15, -0.1) is 6.42 Å². The molecule has 1 aliphatic rings. The number of carbonyl (C=O) groups is 1. The maximum atomic E-state index is 15.2. The molecule has 1 aliphatic heterocycles. The number of rotatable bonds is 4. The molecule has 0 saturated carbocycles. The lowest BCUT2D eigenvalue weighted by Gasteiger charge is -2.23. The number of aromatic nitrogens is 4. The first kappa shape index (κ1) is 19.0. The molecular weight excluding hydrogens is 361 g/mol. The molecule has 0 aliphatic carbocycles. The van der Waals surface area contributed by atoms with Gasteiger partial charge in [-0.25, -0.2) is 9.37 Å². The molecule has 144 valence electrons. The minimum atomic E-state index is -2.69. The molecular formula is C16H18FN5O5. The summed E-state index contributed by atoms with van der Waals surface area (Å²) in [5.41, 5.74) is -3.60. The van der Waals surface area contributed by atoms with Crippen molar-refractivity contribution in [1.82, 2.24) is 19.5 Å². The molecule has 27 heavy (non-hydrogen) atoms. The molecule has 4 N–H and O–H groups in total. The van der Waals surface area contributed by atoms with Crippen LogP contribution < -0.4 is 10.9 Å². The zero-order valence-corrected chi connectivity index (χ0v) is 14.5. The first-order chi connectivity index (χ1) is 12.7. The molecule has 0 bridgehead atoms. The molecule has 3 rings (SSSR count). The van der Waals surface area contributed by atoms with E-state index in [4.69, 9.17) is 11.2 Å². The first-order valence-electron chi connectivity index (χ1n) is 8.11. The minimum absolute atomic E-state index is 0.106. The molecule has 2 aromatic rings. The van der Waals surface area contributed by atoms with Crippen molar-refractivity contribution in [2.45, 2.75) is 38.0 Å². The number of aliphatic hydroxyl groups is 2. The Hall–Kier alpha value is -2.81. The number of halogens is 1. The second kappa shape index (κ2) is 6.73. The van der Waals surface area contributed by atoms with Gasteiger partial charge in [0.1, 0.15) is 12.2 Å². The fourth-order valence-electron chi connectivity index (χ4n) is 2.74. The van der Waals surface area contributed by atoms with Crippen LogP contribution in [0.1, 0.15) is 20.1 Å². The van der Waals surface area contributed by atoms with Gasteiger partial charge in [-0.05, 0) is 0 Å². The standard InChI is InChI=1S/C16H18FN5O5/c1-4-16(17)10(24)8(5-23)27-14(16)22-6-18-9-11(22)19-15(21-13(9)26)20-12(25)7(2)3/h1,6-8,10,14,23-24H,5H2,2-3H3,(H2,19,20,21,25,26)/t8-,10-,14-,16-/m1/s1. The number of nitrogens with zero attached hydrogens (tertiary/aromatic N) is 3. The number of terminal acetylenes is 1. The summed E-state index contributed by atoms with van der Waals surface area (Å²) in [5, 5.41) is 21.8. The summed E-state index contributed by atoms with van der Waals surface area (Å²) in [7, 11) is 0. The Kier molecular flexibility index (Phi) is 4.73. The zero-order chi connectivity index (χ0) is 19.9. The Balaban J connectivity index is 2.10. The molecule has 0 unspecified atom stereocenters. The maximum absolute atomic E-state index is 15.2. The van der Waals surface area contributed by atoms with Crippen LogP contribution in [0.5, 0.6) is 0 Å². The molecule has 11 heteroatoms. The van der Waals surface area contributed by atoms with Gasteiger partial charge in [0.25, 0.3) is 5.56 Å². The summed E-state index contributed by atoms with van der Waals surface area (Å²) in [4.78, 5) is 34.4. The van der Waals surface area contributed by atoms with E-state index in [1.54, 1.807) is 13.8 Å². The summed E-state index contributed by atoms with van der Waals surface area (Å²) in [6.07, 6.45) is 1.69. The third-order valence-electron chi connectivity index (χ3n) is 4.30. The fourth-order valence-corrected chi connectivity index (χ4v) is 2.74. The third-order valence-corrected chi connectivity index (χ3v) is 4.30. The predicted octanol–water partition coefficient (Wildman–Crippen LogP) is -0.694. The first-order valence-corrected chi connectivity index (χ1v) is 8.11. The molecule has 0 radical (unpaired) electrons. The molecule has 1 saturated heterocycles. The van der Waals surface area contributed by atoms with Gasteiger partial charge in [0, 0.05) is 5.92 Å². The number of hydrogen-bond acceptors (Lipinski definition) is 7. The summed E-state index contributed by atoms with van der Waals surface area (Å²) < 4.78 is 21.6. The Bertz CT molecular complexity index is 980. The molecule has 1 amide bonds. The number of hydrogen-bond donors (Lipinski definition) is 4. The van der Waals surface area contributed by atoms with Crippen LogP contribution in [0.15, 0.2) is 11.1 Å². The van der Waals surface area contributed by atoms with Crippen LogP contribution in [0, 0.1) is 18.3 Å². The number of aliphatic hydroxyl groups excluding tert-OH is 2. The van der Waals surface area contributed by atoms with Crippen LogP contribution in [0.3, 0.4) is 0 Å². The molecule has 3 heterocycles. The largest absolute Gasteiger partial charge is 0.394 e. The van der Waals surface area contributed by atoms with E-state index < -0.39 is 36.3 Å². The number of anilines is 1. The van der Waals surface area contributed by atoms with Crippen molar-refractivity contribution in [2.75, 3.05) is 11.9 Å². The van der Waals surface area contributed by atoms with E-state index in [0.29, 0.717) is 0 Å². The smallest absolute Gasteiger partial charge is 0.280 e. The van der Waals surface area contributed by atoms with Gasteiger partial charge in [-0.1, -0.05) is 19.8 Å². The Morgan fingerprint density at radius 1 is 1.63 bits per heavy atom. The molecule has 4 atom stereocenters. The van der Waals surface area contributed by atoms with E-state index in [2.05, 4.69) is 20.3 Å². The van der Waals surface area contributed by atoms with Crippen molar-refractivity contribution < 1.29 is 24.1 Å². The molecule has 0 aromatic carbocycles. The van der Waals surface area contributed by atoms with Gasteiger partial charge in [0.05, 0.1) is 12.9 Å². The molecule has 1 fully saturated rings. The minimum Gasteiger partial charge on any atom is -0.394 e. The van der Waals surface area contributed by atoms with Crippen molar-refractivity contribution in [2.24, 2.45) is 5.92 Å². The van der Waals surface area contributed by atoms with Gasteiger partial charge in [0.2, 0.25) is 17.5 Å². The Morgan fingerprint density at radius 2 is 2.33 bits per heavy atom. The van der Waals surface area contributed by atoms with Crippen LogP contribution in [-0.4, -0.2) is 60.1 Å². The molecule has 0 spiro atoms. The average molecular weight is 379 g/mol. The number of amides is 1. The number of fused-ring (bicyclic) bond motifs is 1. The van der Waals surface area contributed by atoms with Crippen LogP contribution in [0.4, 0.5) is 10.3 Å². The van der Waals surface area contributed by atoms with Crippen LogP contribution >= 0.6 is 0 Å². The van der Waals surface area contributed by atoms with Crippen molar-refractivity contribution >= 4 is 23.0 Å². The van der Waals surface area contributed by atoms with E-state index in [-0.39, 0.29) is 28.9 Å². The van der Waals surface area contributed by atoms with E-state index in [0.717, 1.165) is 10.9 Å². The summed E-state index contributed by atoms with van der Waals surface area (Å²) in [6.45, 7) is 2.65. The second-order valence-electron chi connectivity index (χ2n) is 6.45. The van der Waals surface area contributed by atoms with E-state index in [1.165, 1.54) is 0 Å². The van der Waals surface area contributed by atoms with Gasteiger partial charge in [-0.3, -0.25) is 24.5 Å². The molecule has 10 nitrogen and oxygen atoms in total. The van der Waals surface area contributed by atoms with Crippen LogP contribution in [-0.2, 0) is 9.53 Å². The molecule has 2 aromatic heterocycles. The third kappa shape index (κ3) is 2.97. The average Bonchev–Trinajstić information content (AvgIpc) is 3.15. The number of alkyl halides is 1. The fraction of sp³-hybridized carbons (Fsp3) is 0.500. The maximum Gasteiger partial charge on any atom is 0.280 e. The zero-order valence-electron chi connectivity index (χ0n) is 14.5. The number of carbonyl (C=O) groups excluding carboxylic acids is 1. The van der Waals surface area contributed by atoms with E-state index in [9.17, 15) is 19.8 Å². The van der Waals surface area contributed by atoms with Crippen molar-refractivity contribution in [3.05, 3.63) is 16.7 Å². The van der Waals surface area contributed by atoms with Gasteiger partial charge >= 0.3 is 0 Å². The monoisotopic (exact) mass is 379 g/mol. The highest BCUT2D eigenvalue weighted by atomic mass is 19.1. The predicted molar refractivity (Wildman–Crippen MR) is 91.3 cm³/mol. The summed E-state index contributed by atoms with van der Waals surface area (Å²) in [5.74, 6) is 0.937. The van der Waals surface area contributed by atoms with Crippen molar-refractivity contribution in [1.29, 1.82) is 0 Å². The normalized spacial score (nSPS) is 27.8. The van der Waals surface area contributed by atoms with E-state index in [1.807, 2.05) is 5.92 Å². The Morgan fingerprint density at radius 3 is 2.93 bits per heavy atom. The number of H-pyrrole nitrogens is 1. The topological polar surface area (TPSA) is 142 Å². The van der Waals surface area contributed by atoms with Gasteiger partial charge in [-0.2, -0.15) is 4.98 Å². The number of imidazole rings is 1. The second-order valence-corrected chi connectivity index (χ2v) is 6.45. The highest BCUT2D eigenvalue weighted by Crippen LogP contribution is 2.41. The summed E-state index contributed by atoms with van der Waals surface area (Å²) >= 11 is 0. The van der Waals surface area contributed by atoms with Crippen LogP contribution in [0.25, 0.3) is 11.2 Å².